The first-order valence-electron chi connectivity index (χ1n) is 6.66. The molecule has 1 aliphatic heterocycles. The molecule has 5 nitrogen and oxygen atoms in total. The lowest BCUT2D eigenvalue weighted by atomic mass is 9.86. The van der Waals surface area contributed by atoms with Crippen LogP contribution in [0.2, 0.25) is 0 Å². The van der Waals surface area contributed by atoms with Gasteiger partial charge in [0.2, 0.25) is 5.75 Å². The molecule has 2 rings (SSSR count). The van der Waals surface area contributed by atoms with Crippen molar-refractivity contribution in [2.24, 2.45) is 11.8 Å². The monoisotopic (exact) mass is 280 g/mol. The van der Waals surface area contributed by atoms with E-state index in [2.05, 4.69) is 13.8 Å². The number of fused-ring (bicyclic) bond motifs is 1. The first-order chi connectivity index (χ1) is 9.38. The van der Waals surface area contributed by atoms with Crippen molar-refractivity contribution in [3.8, 4) is 23.0 Å². The van der Waals surface area contributed by atoms with Crippen LogP contribution in [0.5, 0.6) is 23.0 Å². The van der Waals surface area contributed by atoms with Gasteiger partial charge in [0.05, 0.1) is 13.7 Å². The Morgan fingerprint density at radius 2 is 2.00 bits per heavy atom. The van der Waals surface area contributed by atoms with Gasteiger partial charge >= 0.3 is 0 Å². The highest BCUT2D eigenvalue weighted by atomic mass is 16.5. The molecule has 0 aliphatic carbocycles. The van der Waals surface area contributed by atoms with Crippen molar-refractivity contribution < 1.29 is 24.5 Å². The second-order valence-electron chi connectivity index (χ2n) is 5.49. The number of phenols is 2. The fourth-order valence-corrected chi connectivity index (χ4v) is 2.54. The zero-order chi connectivity index (χ0) is 15.0. The van der Waals surface area contributed by atoms with Crippen LogP contribution in [0, 0.1) is 11.8 Å². The van der Waals surface area contributed by atoms with Crippen LogP contribution in [0.4, 0.5) is 0 Å². The average Bonchev–Trinajstić information content (AvgIpc) is 2.41. The lowest BCUT2D eigenvalue weighted by Gasteiger charge is -2.30. The first kappa shape index (κ1) is 14.5. The van der Waals surface area contributed by atoms with Gasteiger partial charge in [-0.3, -0.25) is 4.79 Å². The van der Waals surface area contributed by atoms with Crippen LogP contribution >= 0.6 is 0 Å². The number of methoxy groups -OCH3 is 1. The normalized spacial score (nSPS) is 17.6. The molecule has 1 aromatic rings. The molecule has 0 unspecified atom stereocenters. The van der Waals surface area contributed by atoms with Gasteiger partial charge in [-0.2, -0.15) is 0 Å². The van der Waals surface area contributed by atoms with Crippen LogP contribution in [0.25, 0.3) is 0 Å². The zero-order valence-corrected chi connectivity index (χ0v) is 12.2. The molecule has 0 aromatic heterocycles. The van der Waals surface area contributed by atoms with Crippen molar-refractivity contribution >= 4 is 5.78 Å². The number of hydrogen-bond donors (Lipinski definition) is 2. The van der Waals surface area contributed by atoms with Crippen molar-refractivity contribution in [1.29, 1.82) is 0 Å². The summed E-state index contributed by atoms with van der Waals surface area (Å²) in [6.07, 6.45) is 0.566. The molecule has 1 heterocycles. The smallest absolute Gasteiger partial charge is 0.202 e. The van der Waals surface area contributed by atoms with E-state index in [0.29, 0.717) is 24.5 Å². The highest BCUT2D eigenvalue weighted by Gasteiger charge is 2.33. The number of carbonyl (C=O) groups excluding carboxylic acids is 1. The number of ether oxygens (including phenoxy) is 2. The average molecular weight is 280 g/mol. The van der Waals surface area contributed by atoms with Gasteiger partial charge < -0.3 is 19.7 Å². The molecule has 0 spiro atoms. The molecule has 1 atom stereocenters. The standard InChI is InChI=1S/C15H20O5/c1-7(2)9-5-10-12(17)11(8(3)16)15(19-4)13(18)14(10)20-6-9/h7,9,17-18H,5-6H2,1-4H3/t9-/m1/s1. The zero-order valence-electron chi connectivity index (χ0n) is 12.2. The van der Waals surface area contributed by atoms with Crippen LogP contribution in [0.15, 0.2) is 0 Å². The van der Waals surface area contributed by atoms with Crippen LogP contribution in [-0.2, 0) is 6.42 Å². The number of Topliss-reactive ketones (excluding diaryl/α,β-unsaturated/α-hetero) is 1. The summed E-state index contributed by atoms with van der Waals surface area (Å²) in [5.74, 6) is 0.0934. The minimum absolute atomic E-state index is 0.0109. The number of ketones is 1. The third-order valence-electron chi connectivity index (χ3n) is 3.86. The Morgan fingerprint density at radius 3 is 2.50 bits per heavy atom. The lowest BCUT2D eigenvalue weighted by molar-refractivity contribution is 0.101. The molecular weight excluding hydrogens is 260 g/mol. The van der Waals surface area contributed by atoms with Crippen molar-refractivity contribution in [3.05, 3.63) is 11.1 Å². The molecule has 2 N–H and O–H groups in total. The lowest BCUT2D eigenvalue weighted by Crippen LogP contribution is -2.25. The molecule has 0 radical (unpaired) electrons. The van der Waals surface area contributed by atoms with Gasteiger partial charge in [-0.25, -0.2) is 0 Å². The van der Waals surface area contributed by atoms with Crippen LogP contribution in [0.3, 0.4) is 0 Å². The van der Waals surface area contributed by atoms with Gasteiger partial charge in [-0.1, -0.05) is 13.8 Å². The van der Waals surface area contributed by atoms with Gasteiger partial charge in [0.15, 0.2) is 17.3 Å². The summed E-state index contributed by atoms with van der Waals surface area (Å²) in [7, 11) is 1.34. The summed E-state index contributed by atoms with van der Waals surface area (Å²) in [5.41, 5.74) is 0.496. The van der Waals surface area contributed by atoms with Crippen molar-refractivity contribution in [2.75, 3.05) is 13.7 Å². The van der Waals surface area contributed by atoms with E-state index < -0.39 is 0 Å². The minimum atomic E-state index is -0.357. The predicted molar refractivity (Wildman–Crippen MR) is 73.9 cm³/mol. The second kappa shape index (κ2) is 5.23. The van der Waals surface area contributed by atoms with E-state index in [9.17, 15) is 15.0 Å². The van der Waals surface area contributed by atoms with E-state index in [0.717, 1.165) is 0 Å². The SMILES string of the molecule is COc1c(O)c2c(c(O)c1C(C)=O)C[C@@H](C(C)C)CO2. The number of benzene rings is 1. The Labute approximate surface area is 118 Å². The Hall–Kier alpha value is -1.91. The fourth-order valence-electron chi connectivity index (χ4n) is 2.54. The van der Waals surface area contributed by atoms with Gasteiger partial charge in [0.1, 0.15) is 11.3 Å². The summed E-state index contributed by atoms with van der Waals surface area (Å²) < 4.78 is 10.6. The van der Waals surface area contributed by atoms with Crippen molar-refractivity contribution in [1.82, 2.24) is 0 Å². The molecule has 110 valence electrons. The Balaban J connectivity index is 2.63. The van der Waals surface area contributed by atoms with Gasteiger partial charge in [-0.15, -0.1) is 0 Å². The molecule has 0 bridgehead atoms. The minimum Gasteiger partial charge on any atom is -0.507 e. The van der Waals surface area contributed by atoms with Crippen LogP contribution in [-0.4, -0.2) is 29.7 Å². The quantitative estimate of drug-likeness (QED) is 0.657. The number of phenolic OH excluding ortho intramolecular Hbond substituents is 2. The molecule has 0 amide bonds. The molecule has 1 aromatic carbocycles. The highest BCUT2D eigenvalue weighted by molar-refractivity contribution is 6.01. The fraction of sp³-hybridized carbons (Fsp3) is 0.533. The van der Waals surface area contributed by atoms with Crippen LogP contribution < -0.4 is 9.47 Å². The third kappa shape index (κ3) is 2.17. The molecular formula is C15H20O5. The molecule has 0 fully saturated rings. The maximum atomic E-state index is 11.7. The first-order valence-corrected chi connectivity index (χ1v) is 6.66. The number of hydrogen-bond acceptors (Lipinski definition) is 5. The van der Waals surface area contributed by atoms with E-state index in [1.165, 1.54) is 14.0 Å². The van der Waals surface area contributed by atoms with Crippen LogP contribution in [0.1, 0.15) is 36.7 Å². The van der Waals surface area contributed by atoms with Crippen molar-refractivity contribution in [3.63, 3.8) is 0 Å². The Bertz CT molecular complexity index is 548. The van der Waals surface area contributed by atoms with Gasteiger partial charge in [0, 0.05) is 5.56 Å². The molecule has 5 heteroatoms. The van der Waals surface area contributed by atoms with Crippen molar-refractivity contribution in [2.45, 2.75) is 27.2 Å². The highest BCUT2D eigenvalue weighted by Crippen LogP contribution is 2.50. The van der Waals surface area contributed by atoms with Gasteiger partial charge in [-0.05, 0) is 25.2 Å². The topological polar surface area (TPSA) is 76.0 Å². The Morgan fingerprint density at radius 1 is 1.35 bits per heavy atom. The second-order valence-corrected chi connectivity index (χ2v) is 5.49. The summed E-state index contributed by atoms with van der Waals surface area (Å²) in [4.78, 5) is 11.7. The summed E-state index contributed by atoms with van der Waals surface area (Å²) in [6.45, 7) is 5.95. The maximum Gasteiger partial charge on any atom is 0.202 e. The Kier molecular flexibility index (Phi) is 3.79. The molecule has 0 saturated heterocycles. The summed E-state index contributed by atoms with van der Waals surface area (Å²) >= 11 is 0. The predicted octanol–water partition coefficient (Wildman–Crippen LogP) is 2.52. The van der Waals surface area contributed by atoms with E-state index in [1.807, 2.05) is 0 Å². The van der Waals surface area contributed by atoms with Gasteiger partial charge in [0.25, 0.3) is 0 Å². The van der Waals surface area contributed by atoms with E-state index in [-0.39, 0.29) is 40.3 Å². The third-order valence-corrected chi connectivity index (χ3v) is 3.86. The summed E-state index contributed by atoms with van der Waals surface area (Å²) in [6, 6.07) is 0. The van der Waals surface area contributed by atoms with E-state index in [4.69, 9.17) is 9.47 Å². The van der Waals surface area contributed by atoms with E-state index >= 15 is 0 Å². The number of carbonyl (C=O) groups is 1. The molecule has 1 aliphatic rings. The molecule has 0 saturated carbocycles. The van der Waals surface area contributed by atoms with E-state index in [1.54, 1.807) is 0 Å². The molecule has 20 heavy (non-hydrogen) atoms. The largest absolute Gasteiger partial charge is 0.507 e. The number of rotatable bonds is 3. The maximum absolute atomic E-state index is 11.7. The number of aromatic hydroxyl groups is 2. The summed E-state index contributed by atoms with van der Waals surface area (Å²) in [5, 5.41) is 20.5.